The summed E-state index contributed by atoms with van der Waals surface area (Å²) in [6.07, 6.45) is -4.39. The highest BCUT2D eigenvalue weighted by Gasteiger charge is 2.34. The van der Waals surface area contributed by atoms with Crippen LogP contribution in [0.5, 0.6) is 0 Å². The summed E-state index contributed by atoms with van der Waals surface area (Å²) >= 11 is 0. The smallest absolute Gasteiger partial charge is 0.396 e. The molecule has 0 spiro atoms. The van der Waals surface area contributed by atoms with Crippen LogP contribution in [0.3, 0.4) is 0 Å². The van der Waals surface area contributed by atoms with Gasteiger partial charge in [0.2, 0.25) is 0 Å². The van der Waals surface area contributed by atoms with Gasteiger partial charge < -0.3 is 10.0 Å². The fraction of sp³-hybridized carbons (Fsp3) is 0.500. The lowest BCUT2D eigenvalue weighted by Gasteiger charge is -2.20. The fourth-order valence-electron chi connectivity index (χ4n) is 1.59. The Hall–Kier alpha value is -1.23. The van der Waals surface area contributed by atoms with Gasteiger partial charge in [0.1, 0.15) is 0 Å². The average molecular weight is 247 g/mol. The quantitative estimate of drug-likeness (QED) is 0.887. The van der Waals surface area contributed by atoms with Crippen molar-refractivity contribution in [3.8, 4) is 0 Å². The zero-order valence-corrected chi connectivity index (χ0v) is 10.0. The minimum absolute atomic E-state index is 0.131. The zero-order chi connectivity index (χ0) is 13.2. The minimum Gasteiger partial charge on any atom is -0.396 e. The van der Waals surface area contributed by atoms with Crippen LogP contribution in [0, 0.1) is 0 Å². The van der Waals surface area contributed by atoms with Crippen LogP contribution in [0.25, 0.3) is 0 Å². The second-order valence-corrected chi connectivity index (χ2v) is 4.25. The van der Waals surface area contributed by atoms with E-state index in [1.54, 1.807) is 25.9 Å². The van der Waals surface area contributed by atoms with Gasteiger partial charge in [0.05, 0.1) is 5.56 Å². The lowest BCUT2D eigenvalue weighted by molar-refractivity contribution is -0.138. The number of aliphatic hydroxyl groups excluding tert-OH is 1. The molecule has 1 aromatic rings. The van der Waals surface area contributed by atoms with Gasteiger partial charge in [-0.1, -0.05) is 6.92 Å². The van der Waals surface area contributed by atoms with Crippen LogP contribution in [-0.2, 0) is 6.18 Å². The topological polar surface area (TPSA) is 23.5 Å². The van der Waals surface area contributed by atoms with Crippen molar-refractivity contribution in [1.29, 1.82) is 0 Å². The van der Waals surface area contributed by atoms with Crippen molar-refractivity contribution in [3.05, 3.63) is 29.3 Å². The van der Waals surface area contributed by atoms with Gasteiger partial charge in [0, 0.05) is 32.3 Å². The molecule has 2 nitrogen and oxygen atoms in total. The Bertz CT molecular complexity index is 388. The number of hydrogen-bond donors (Lipinski definition) is 1. The normalized spacial score (nSPS) is 13.6. The van der Waals surface area contributed by atoms with Gasteiger partial charge in [-0.3, -0.25) is 0 Å². The summed E-state index contributed by atoms with van der Waals surface area (Å²) in [6.45, 7) is 1.27. The molecule has 0 radical (unpaired) electrons. The van der Waals surface area contributed by atoms with Crippen molar-refractivity contribution in [2.24, 2.45) is 0 Å². The van der Waals surface area contributed by atoms with E-state index in [1.165, 1.54) is 12.1 Å². The van der Waals surface area contributed by atoms with Gasteiger partial charge in [-0.2, -0.15) is 13.2 Å². The van der Waals surface area contributed by atoms with E-state index < -0.39 is 17.7 Å². The van der Waals surface area contributed by atoms with Gasteiger partial charge in [-0.15, -0.1) is 0 Å². The van der Waals surface area contributed by atoms with Crippen molar-refractivity contribution in [2.45, 2.75) is 19.0 Å². The van der Waals surface area contributed by atoms with Crippen LogP contribution < -0.4 is 4.90 Å². The highest BCUT2D eigenvalue weighted by Crippen LogP contribution is 2.36. The van der Waals surface area contributed by atoms with Gasteiger partial charge in [0.15, 0.2) is 0 Å². The van der Waals surface area contributed by atoms with Crippen LogP contribution in [0.1, 0.15) is 24.0 Å². The Balaban J connectivity index is 3.32. The molecule has 5 heteroatoms. The SMILES string of the molecule is CC(CO)c1cc(N(C)C)ccc1C(F)(F)F. The molecule has 1 atom stereocenters. The molecule has 0 aliphatic rings. The number of rotatable bonds is 3. The molecule has 1 rings (SSSR count). The Morgan fingerprint density at radius 3 is 2.29 bits per heavy atom. The minimum atomic E-state index is -4.39. The van der Waals surface area contributed by atoms with E-state index in [1.807, 2.05) is 0 Å². The second-order valence-electron chi connectivity index (χ2n) is 4.25. The van der Waals surface area contributed by atoms with Crippen molar-refractivity contribution in [3.63, 3.8) is 0 Å². The first kappa shape index (κ1) is 13.8. The predicted octanol–water partition coefficient (Wildman–Crippen LogP) is 2.87. The molecular weight excluding hydrogens is 231 g/mol. The molecule has 0 saturated carbocycles. The number of halogens is 3. The summed E-state index contributed by atoms with van der Waals surface area (Å²) in [5.74, 6) is -0.536. The highest BCUT2D eigenvalue weighted by atomic mass is 19.4. The summed E-state index contributed by atoms with van der Waals surface area (Å²) in [5, 5.41) is 9.03. The molecule has 0 aromatic heterocycles. The molecule has 1 unspecified atom stereocenters. The van der Waals surface area contributed by atoms with Gasteiger partial charge >= 0.3 is 6.18 Å². The maximum Gasteiger partial charge on any atom is 0.416 e. The Kier molecular flexibility index (Phi) is 4.03. The Morgan fingerprint density at radius 2 is 1.88 bits per heavy atom. The van der Waals surface area contributed by atoms with E-state index in [0.717, 1.165) is 6.07 Å². The second kappa shape index (κ2) is 4.96. The van der Waals surface area contributed by atoms with Crippen molar-refractivity contribution >= 4 is 5.69 Å². The van der Waals surface area contributed by atoms with E-state index >= 15 is 0 Å². The monoisotopic (exact) mass is 247 g/mol. The predicted molar refractivity (Wildman–Crippen MR) is 61.3 cm³/mol. The third-order valence-corrected chi connectivity index (χ3v) is 2.66. The standard InChI is InChI=1S/C12H16F3NO/c1-8(7-17)10-6-9(16(2)3)4-5-11(10)12(13,14)15/h4-6,8,17H,7H2,1-3H3. The third kappa shape index (κ3) is 3.12. The molecular formula is C12H16F3NO. The Morgan fingerprint density at radius 1 is 1.29 bits per heavy atom. The molecule has 1 N–H and O–H groups in total. The molecule has 0 heterocycles. The summed E-state index contributed by atoms with van der Waals surface area (Å²) in [7, 11) is 3.52. The van der Waals surface area contributed by atoms with E-state index in [4.69, 9.17) is 5.11 Å². The fourth-order valence-corrected chi connectivity index (χ4v) is 1.59. The largest absolute Gasteiger partial charge is 0.416 e. The van der Waals surface area contributed by atoms with Crippen molar-refractivity contribution < 1.29 is 18.3 Å². The summed E-state index contributed by atoms with van der Waals surface area (Å²) in [4.78, 5) is 1.73. The lowest BCUT2D eigenvalue weighted by atomic mass is 9.95. The van der Waals surface area contributed by atoms with Crippen LogP contribution >= 0.6 is 0 Å². The molecule has 0 saturated heterocycles. The van der Waals surface area contributed by atoms with Crippen LogP contribution in [-0.4, -0.2) is 25.8 Å². The molecule has 0 bridgehead atoms. The maximum atomic E-state index is 12.8. The average Bonchev–Trinajstić information content (AvgIpc) is 2.25. The number of hydrogen-bond acceptors (Lipinski definition) is 2. The maximum absolute atomic E-state index is 12.8. The number of nitrogens with zero attached hydrogens (tertiary/aromatic N) is 1. The lowest BCUT2D eigenvalue weighted by Crippen LogP contribution is -2.15. The van der Waals surface area contributed by atoms with E-state index in [0.29, 0.717) is 5.69 Å². The highest BCUT2D eigenvalue weighted by molar-refractivity contribution is 5.51. The first-order valence-electron chi connectivity index (χ1n) is 5.26. The van der Waals surface area contributed by atoms with Gasteiger partial charge in [-0.05, 0) is 23.8 Å². The molecule has 1 aromatic carbocycles. The molecule has 96 valence electrons. The Labute approximate surface area is 98.7 Å². The van der Waals surface area contributed by atoms with Gasteiger partial charge in [0.25, 0.3) is 0 Å². The number of benzene rings is 1. The summed E-state index contributed by atoms with van der Waals surface area (Å²) in [5.41, 5.74) is 0.143. The summed E-state index contributed by atoms with van der Waals surface area (Å²) in [6, 6.07) is 3.97. The molecule has 0 fully saturated rings. The first-order chi connectivity index (χ1) is 7.77. The van der Waals surface area contributed by atoms with Crippen molar-refractivity contribution in [1.82, 2.24) is 0 Å². The first-order valence-corrected chi connectivity index (χ1v) is 5.26. The van der Waals surface area contributed by atoms with E-state index in [-0.39, 0.29) is 12.2 Å². The number of anilines is 1. The van der Waals surface area contributed by atoms with Crippen LogP contribution in [0.15, 0.2) is 18.2 Å². The molecule has 17 heavy (non-hydrogen) atoms. The molecule has 0 aliphatic carbocycles. The number of alkyl halides is 3. The molecule has 0 amide bonds. The van der Waals surface area contributed by atoms with E-state index in [2.05, 4.69) is 0 Å². The van der Waals surface area contributed by atoms with Crippen molar-refractivity contribution in [2.75, 3.05) is 25.6 Å². The van der Waals surface area contributed by atoms with Crippen LogP contribution in [0.4, 0.5) is 18.9 Å². The van der Waals surface area contributed by atoms with Gasteiger partial charge in [-0.25, -0.2) is 0 Å². The van der Waals surface area contributed by atoms with Crippen LogP contribution in [0.2, 0.25) is 0 Å². The summed E-state index contributed by atoms with van der Waals surface area (Å²) < 4.78 is 38.3. The zero-order valence-electron chi connectivity index (χ0n) is 10.0. The third-order valence-electron chi connectivity index (χ3n) is 2.66. The van der Waals surface area contributed by atoms with E-state index in [9.17, 15) is 13.2 Å². The molecule has 0 aliphatic heterocycles. The number of aliphatic hydroxyl groups is 1.